The topological polar surface area (TPSA) is 19.7 Å². The zero-order valence-corrected chi connectivity index (χ0v) is 30.5. The van der Waals surface area contributed by atoms with Gasteiger partial charge in [0.05, 0.1) is 5.92 Å². The average Bonchev–Trinajstić information content (AvgIpc) is 3.56. The number of aromatic nitrogens is 2. The number of nitrogens with one attached hydrogen (secondary N) is 1. The van der Waals surface area contributed by atoms with E-state index in [1.807, 2.05) is 0 Å². The van der Waals surface area contributed by atoms with Crippen LogP contribution in [0.4, 0.5) is 0 Å². The van der Waals surface area contributed by atoms with Crippen LogP contribution in [0.5, 0.6) is 0 Å². The van der Waals surface area contributed by atoms with Gasteiger partial charge in [0.2, 0.25) is 0 Å². The number of hydrogen-bond donors (Lipinski definition) is 1. The maximum absolute atomic E-state index is 3.67. The van der Waals surface area contributed by atoms with E-state index >= 15 is 0 Å². The van der Waals surface area contributed by atoms with E-state index in [1.54, 1.807) is 0 Å². The van der Waals surface area contributed by atoms with Crippen molar-refractivity contribution < 1.29 is 4.57 Å². The Hall–Kier alpha value is -1.57. The number of nitrogens with zero attached hydrogens (tertiary/aromatic N) is 1. The minimum absolute atomic E-state index is 0.638. The smallest absolute Gasteiger partial charge is 0.247 e. The van der Waals surface area contributed by atoms with Gasteiger partial charge >= 0.3 is 0 Å². The van der Waals surface area contributed by atoms with Gasteiger partial charge in [0.15, 0.2) is 0 Å². The van der Waals surface area contributed by atoms with Crippen molar-refractivity contribution in [2.45, 2.75) is 219 Å². The zero-order chi connectivity index (χ0) is 31.9. The number of aromatic amines is 1. The zero-order valence-electron chi connectivity index (χ0n) is 30.5. The van der Waals surface area contributed by atoms with Crippen molar-refractivity contribution in [2.24, 2.45) is 0 Å². The summed E-state index contributed by atoms with van der Waals surface area (Å²) in [5.41, 5.74) is 1.29. The molecule has 2 aromatic rings. The maximum Gasteiger partial charge on any atom is 0.262 e. The second-order valence-electron chi connectivity index (χ2n) is 14.4. The number of para-hydroxylation sites is 1. The van der Waals surface area contributed by atoms with Crippen LogP contribution in [0.1, 0.15) is 225 Å². The van der Waals surface area contributed by atoms with Crippen molar-refractivity contribution in [1.82, 2.24) is 4.98 Å². The summed E-state index contributed by atoms with van der Waals surface area (Å²) in [5, 5.41) is 0. The Morgan fingerprint density at radius 2 is 0.778 bits per heavy atom. The molecular formula is C43H77N2+. The molecule has 0 aliphatic heterocycles. The van der Waals surface area contributed by atoms with Gasteiger partial charge in [-0.15, -0.1) is 0 Å². The first-order valence-electron chi connectivity index (χ1n) is 20.5. The average molecular weight is 622 g/mol. The van der Waals surface area contributed by atoms with E-state index < -0.39 is 0 Å². The van der Waals surface area contributed by atoms with E-state index in [2.05, 4.69) is 66.1 Å². The summed E-state index contributed by atoms with van der Waals surface area (Å²) >= 11 is 0. The van der Waals surface area contributed by atoms with Crippen molar-refractivity contribution in [2.75, 3.05) is 0 Å². The Morgan fingerprint density at radius 1 is 0.444 bits per heavy atom. The SMILES string of the molecule is CCCCCCCCCCCCCCCCCC(CCCCCCCCCCCCCCCC)c1[nH]cc[n+]1-c1ccccc1. The highest BCUT2D eigenvalue weighted by Gasteiger charge is 2.23. The van der Waals surface area contributed by atoms with Crippen molar-refractivity contribution >= 4 is 0 Å². The van der Waals surface area contributed by atoms with E-state index in [0.29, 0.717) is 5.92 Å². The third-order valence-corrected chi connectivity index (χ3v) is 10.2. The molecule has 45 heavy (non-hydrogen) atoms. The first-order chi connectivity index (χ1) is 22.4. The highest BCUT2D eigenvalue weighted by Crippen LogP contribution is 2.27. The van der Waals surface area contributed by atoms with Crippen LogP contribution in [-0.4, -0.2) is 4.98 Å². The van der Waals surface area contributed by atoms with Gasteiger partial charge in [0.25, 0.3) is 5.82 Å². The minimum atomic E-state index is 0.638. The molecule has 1 aromatic carbocycles. The number of imidazole rings is 1. The van der Waals surface area contributed by atoms with Gasteiger partial charge in [-0.05, 0) is 25.0 Å². The molecule has 0 saturated heterocycles. The second-order valence-corrected chi connectivity index (χ2v) is 14.4. The second kappa shape index (κ2) is 29.8. The van der Waals surface area contributed by atoms with Gasteiger partial charge < -0.3 is 0 Å². The van der Waals surface area contributed by atoms with Crippen LogP contribution in [-0.2, 0) is 0 Å². The number of H-pyrrole nitrogens is 1. The third-order valence-electron chi connectivity index (χ3n) is 10.2. The number of benzene rings is 1. The molecule has 0 amide bonds. The predicted octanol–water partition coefficient (Wildman–Crippen LogP) is 14.5. The van der Waals surface area contributed by atoms with E-state index in [9.17, 15) is 0 Å². The molecule has 1 heterocycles. The highest BCUT2D eigenvalue weighted by atomic mass is 15.1. The fourth-order valence-corrected chi connectivity index (χ4v) is 7.24. The van der Waals surface area contributed by atoms with Crippen LogP contribution in [0.2, 0.25) is 0 Å². The molecule has 1 aromatic heterocycles. The first kappa shape index (κ1) is 39.6. The van der Waals surface area contributed by atoms with Crippen molar-refractivity contribution in [3.63, 3.8) is 0 Å². The van der Waals surface area contributed by atoms with Crippen LogP contribution in [0.25, 0.3) is 5.69 Å². The minimum Gasteiger partial charge on any atom is -0.247 e. The van der Waals surface area contributed by atoms with Crippen LogP contribution in [0.15, 0.2) is 42.7 Å². The molecule has 2 heteroatoms. The van der Waals surface area contributed by atoms with E-state index in [4.69, 9.17) is 0 Å². The predicted molar refractivity (Wildman–Crippen MR) is 200 cm³/mol. The van der Waals surface area contributed by atoms with Gasteiger partial charge in [0, 0.05) is 0 Å². The lowest BCUT2D eigenvalue weighted by atomic mass is 9.93. The molecule has 0 radical (unpaired) electrons. The molecule has 1 unspecified atom stereocenters. The largest absolute Gasteiger partial charge is 0.262 e. The molecule has 0 fully saturated rings. The van der Waals surface area contributed by atoms with Crippen molar-refractivity contribution in [3.05, 3.63) is 48.5 Å². The number of rotatable bonds is 33. The quantitative estimate of drug-likeness (QED) is 0.0604. The summed E-state index contributed by atoms with van der Waals surface area (Å²) in [5.74, 6) is 2.06. The normalized spacial score (nSPS) is 12.2. The molecule has 0 bridgehead atoms. The lowest BCUT2D eigenvalue weighted by Crippen LogP contribution is -2.34. The van der Waals surface area contributed by atoms with Gasteiger partial charge in [0.1, 0.15) is 18.1 Å². The van der Waals surface area contributed by atoms with Gasteiger partial charge in [-0.25, -0.2) is 4.98 Å². The third kappa shape index (κ3) is 21.0. The Bertz CT molecular complexity index is 856. The van der Waals surface area contributed by atoms with Crippen LogP contribution < -0.4 is 4.57 Å². The standard InChI is InChI=1S/C43H76N2/c1-3-5-7-9-11-13-15-17-19-21-23-25-27-29-32-36-41(43-44-39-40-45(43)42-37-33-30-34-38-42)35-31-28-26-24-22-20-18-16-14-12-10-8-6-4-2/h30,33-34,37-41H,3-29,31-32,35-36H2,1-2H3/p+1. The maximum atomic E-state index is 3.67. The fourth-order valence-electron chi connectivity index (χ4n) is 7.24. The van der Waals surface area contributed by atoms with Crippen LogP contribution in [0, 0.1) is 0 Å². The molecule has 258 valence electrons. The van der Waals surface area contributed by atoms with E-state index in [-0.39, 0.29) is 0 Å². The van der Waals surface area contributed by atoms with Gasteiger partial charge in [-0.1, -0.05) is 218 Å². The van der Waals surface area contributed by atoms with E-state index in [1.165, 1.54) is 211 Å². The van der Waals surface area contributed by atoms with Crippen LogP contribution in [0.3, 0.4) is 0 Å². The van der Waals surface area contributed by atoms with Crippen molar-refractivity contribution in [1.29, 1.82) is 0 Å². The lowest BCUT2D eigenvalue weighted by molar-refractivity contribution is -0.604. The summed E-state index contributed by atoms with van der Waals surface area (Å²) in [6.45, 7) is 4.62. The number of hydrogen-bond acceptors (Lipinski definition) is 0. The molecule has 0 spiro atoms. The summed E-state index contributed by atoms with van der Waals surface area (Å²) in [4.78, 5) is 3.67. The summed E-state index contributed by atoms with van der Waals surface area (Å²) in [6.07, 6.45) is 48.7. The summed E-state index contributed by atoms with van der Waals surface area (Å²) in [7, 11) is 0. The Kier molecular flexibility index (Phi) is 26.2. The Labute approximate surface area is 282 Å². The summed E-state index contributed by atoms with van der Waals surface area (Å²) < 4.78 is 2.42. The first-order valence-corrected chi connectivity index (χ1v) is 20.5. The molecule has 0 aliphatic carbocycles. The lowest BCUT2D eigenvalue weighted by Gasteiger charge is -2.14. The molecule has 0 saturated carbocycles. The molecule has 0 aliphatic rings. The summed E-state index contributed by atoms with van der Waals surface area (Å²) in [6, 6.07) is 10.9. The fraction of sp³-hybridized carbons (Fsp3) is 0.791. The molecule has 1 N–H and O–H groups in total. The molecule has 2 nitrogen and oxygen atoms in total. The highest BCUT2D eigenvalue weighted by molar-refractivity contribution is 5.22. The Balaban J connectivity index is 1.59. The van der Waals surface area contributed by atoms with Gasteiger partial charge in [-0.2, -0.15) is 4.57 Å². The van der Waals surface area contributed by atoms with Gasteiger partial charge in [-0.3, -0.25) is 0 Å². The molecule has 2 rings (SSSR count). The molecular weight excluding hydrogens is 544 g/mol. The van der Waals surface area contributed by atoms with E-state index in [0.717, 1.165) is 0 Å². The monoisotopic (exact) mass is 622 g/mol. The Morgan fingerprint density at radius 3 is 1.13 bits per heavy atom. The van der Waals surface area contributed by atoms with Crippen LogP contribution >= 0.6 is 0 Å². The van der Waals surface area contributed by atoms with Crippen molar-refractivity contribution in [3.8, 4) is 5.69 Å². The number of unbranched alkanes of at least 4 members (excludes halogenated alkanes) is 27. The molecule has 1 atom stereocenters.